The molecule has 0 heterocycles. The van der Waals surface area contributed by atoms with E-state index in [1.807, 2.05) is 12.1 Å². The van der Waals surface area contributed by atoms with Crippen molar-refractivity contribution in [3.8, 4) is 0 Å². The average molecular weight is 200 g/mol. The topological polar surface area (TPSA) is 40.5 Å². The first-order valence-corrected chi connectivity index (χ1v) is 5.49. The van der Waals surface area contributed by atoms with Gasteiger partial charge in [-0.25, -0.2) is 0 Å². The van der Waals surface area contributed by atoms with E-state index in [-0.39, 0.29) is 0 Å². The SMILES string of the molecule is OB(O)c1ccc(CSS)cc1. The van der Waals surface area contributed by atoms with Gasteiger partial charge in [-0.05, 0) is 11.0 Å². The maximum atomic E-state index is 8.78. The van der Waals surface area contributed by atoms with Crippen molar-refractivity contribution in [2.45, 2.75) is 5.75 Å². The predicted molar refractivity (Wildman–Crippen MR) is 56.5 cm³/mol. The van der Waals surface area contributed by atoms with Gasteiger partial charge in [0, 0.05) is 5.75 Å². The lowest BCUT2D eigenvalue weighted by Gasteiger charge is -2.00. The summed E-state index contributed by atoms with van der Waals surface area (Å²) < 4.78 is 0. The van der Waals surface area contributed by atoms with Gasteiger partial charge in [-0.3, -0.25) is 0 Å². The molecule has 0 unspecified atom stereocenters. The summed E-state index contributed by atoms with van der Waals surface area (Å²) in [7, 11) is 0.0659. The van der Waals surface area contributed by atoms with Gasteiger partial charge < -0.3 is 10.0 Å². The summed E-state index contributed by atoms with van der Waals surface area (Å²) in [5, 5.41) is 17.6. The molecular weight excluding hydrogens is 191 g/mol. The molecule has 2 N–H and O–H groups in total. The Labute approximate surface area is 81.0 Å². The second-order valence-electron chi connectivity index (χ2n) is 2.39. The van der Waals surface area contributed by atoms with Crippen molar-refractivity contribution in [1.29, 1.82) is 0 Å². The number of hydrogen-bond donors (Lipinski definition) is 3. The van der Waals surface area contributed by atoms with E-state index in [4.69, 9.17) is 10.0 Å². The lowest BCUT2D eigenvalue weighted by Crippen LogP contribution is -2.29. The maximum absolute atomic E-state index is 8.78. The molecule has 0 fully saturated rings. The van der Waals surface area contributed by atoms with Crippen LogP contribution in [0.2, 0.25) is 0 Å². The van der Waals surface area contributed by atoms with E-state index in [2.05, 4.69) is 11.7 Å². The van der Waals surface area contributed by atoms with E-state index in [0.29, 0.717) is 5.46 Å². The van der Waals surface area contributed by atoms with Crippen LogP contribution in [0.25, 0.3) is 0 Å². The lowest BCUT2D eigenvalue weighted by atomic mass is 9.80. The number of thiol groups is 1. The van der Waals surface area contributed by atoms with Gasteiger partial charge in [-0.2, -0.15) is 0 Å². The Hall–Kier alpha value is -0.0951. The minimum absolute atomic E-state index is 0.517. The molecule has 0 aliphatic heterocycles. The molecule has 0 aliphatic rings. The van der Waals surface area contributed by atoms with Crippen molar-refractivity contribution in [3.05, 3.63) is 29.8 Å². The van der Waals surface area contributed by atoms with Gasteiger partial charge in [-0.1, -0.05) is 35.1 Å². The molecule has 1 aromatic carbocycles. The molecule has 0 radical (unpaired) electrons. The normalized spacial score (nSPS) is 9.92. The van der Waals surface area contributed by atoms with Gasteiger partial charge in [0.25, 0.3) is 0 Å². The molecule has 0 aromatic heterocycles. The monoisotopic (exact) mass is 200 g/mol. The second-order valence-corrected chi connectivity index (χ2v) is 3.71. The minimum Gasteiger partial charge on any atom is -0.423 e. The number of hydrogen-bond acceptors (Lipinski definition) is 4. The van der Waals surface area contributed by atoms with Gasteiger partial charge in [-0.15, -0.1) is 11.7 Å². The third-order valence-electron chi connectivity index (χ3n) is 1.51. The molecule has 1 rings (SSSR count). The van der Waals surface area contributed by atoms with Crippen LogP contribution in [0.4, 0.5) is 0 Å². The molecule has 0 saturated heterocycles. The summed E-state index contributed by atoms with van der Waals surface area (Å²) in [5.74, 6) is 0.824. The van der Waals surface area contributed by atoms with E-state index in [0.717, 1.165) is 11.3 Å². The molecule has 12 heavy (non-hydrogen) atoms. The fourth-order valence-corrected chi connectivity index (χ4v) is 1.65. The molecule has 2 nitrogen and oxygen atoms in total. The van der Waals surface area contributed by atoms with Crippen LogP contribution in [0.5, 0.6) is 0 Å². The van der Waals surface area contributed by atoms with Gasteiger partial charge in [0.2, 0.25) is 0 Å². The summed E-state index contributed by atoms with van der Waals surface area (Å²) >= 11 is 4.02. The highest BCUT2D eigenvalue weighted by Gasteiger charge is 2.09. The van der Waals surface area contributed by atoms with Crippen LogP contribution in [-0.2, 0) is 5.75 Å². The molecule has 0 aliphatic carbocycles. The molecular formula is C7H9BO2S2. The van der Waals surface area contributed by atoms with Crippen LogP contribution in [-0.4, -0.2) is 17.2 Å². The highest BCUT2D eigenvalue weighted by molar-refractivity contribution is 8.68. The predicted octanol–water partition coefficient (Wildman–Crippen LogP) is 0.444. The van der Waals surface area contributed by atoms with Crippen molar-refractivity contribution >= 4 is 35.0 Å². The van der Waals surface area contributed by atoms with Crippen molar-refractivity contribution < 1.29 is 10.0 Å². The van der Waals surface area contributed by atoms with Crippen molar-refractivity contribution in [2.75, 3.05) is 0 Å². The molecule has 0 atom stereocenters. The Morgan fingerprint density at radius 2 is 1.83 bits per heavy atom. The van der Waals surface area contributed by atoms with Crippen LogP contribution in [0.15, 0.2) is 24.3 Å². The van der Waals surface area contributed by atoms with Gasteiger partial charge in [0.1, 0.15) is 0 Å². The summed E-state index contributed by atoms with van der Waals surface area (Å²) in [6.45, 7) is 0. The fourth-order valence-electron chi connectivity index (χ4n) is 0.861. The van der Waals surface area contributed by atoms with Crippen molar-refractivity contribution in [1.82, 2.24) is 0 Å². The number of benzene rings is 1. The Balaban J connectivity index is 2.71. The maximum Gasteiger partial charge on any atom is 0.488 e. The Morgan fingerprint density at radius 1 is 1.25 bits per heavy atom. The standard InChI is InChI=1S/C7H9BO2S2/c9-8(10)7-3-1-6(2-4-7)5-12-11/h1-4,9-11H,5H2. The first kappa shape index (κ1) is 9.99. The van der Waals surface area contributed by atoms with Gasteiger partial charge >= 0.3 is 7.12 Å². The van der Waals surface area contributed by atoms with Crippen LogP contribution in [0.3, 0.4) is 0 Å². The zero-order valence-electron chi connectivity index (χ0n) is 6.34. The zero-order chi connectivity index (χ0) is 8.97. The van der Waals surface area contributed by atoms with E-state index in [1.54, 1.807) is 12.1 Å². The van der Waals surface area contributed by atoms with Crippen LogP contribution in [0.1, 0.15) is 5.56 Å². The summed E-state index contributed by atoms with van der Waals surface area (Å²) in [6, 6.07) is 7.12. The number of rotatable bonds is 3. The van der Waals surface area contributed by atoms with Gasteiger partial charge in [0.05, 0.1) is 0 Å². The molecule has 64 valence electrons. The summed E-state index contributed by atoms with van der Waals surface area (Å²) in [6.07, 6.45) is 0. The first-order valence-electron chi connectivity index (χ1n) is 3.45. The van der Waals surface area contributed by atoms with Crippen LogP contribution < -0.4 is 5.46 Å². The van der Waals surface area contributed by atoms with E-state index >= 15 is 0 Å². The lowest BCUT2D eigenvalue weighted by molar-refractivity contribution is 0.426. The van der Waals surface area contributed by atoms with E-state index in [1.165, 1.54) is 10.8 Å². The highest BCUT2D eigenvalue weighted by atomic mass is 33.1. The Bertz CT molecular complexity index is 238. The van der Waals surface area contributed by atoms with E-state index < -0.39 is 7.12 Å². The van der Waals surface area contributed by atoms with Crippen molar-refractivity contribution in [3.63, 3.8) is 0 Å². The van der Waals surface area contributed by atoms with E-state index in [9.17, 15) is 0 Å². The van der Waals surface area contributed by atoms with Crippen molar-refractivity contribution in [2.24, 2.45) is 0 Å². The zero-order valence-corrected chi connectivity index (χ0v) is 8.05. The minimum atomic E-state index is -1.37. The summed E-state index contributed by atoms with van der Waals surface area (Å²) in [5.41, 5.74) is 1.64. The average Bonchev–Trinajstić information content (AvgIpc) is 2.06. The molecule has 0 spiro atoms. The first-order chi connectivity index (χ1) is 5.74. The molecule has 0 bridgehead atoms. The molecule has 0 saturated carbocycles. The van der Waals surface area contributed by atoms with Crippen LogP contribution in [0, 0.1) is 0 Å². The third-order valence-corrected chi connectivity index (χ3v) is 2.36. The molecule has 0 amide bonds. The highest BCUT2D eigenvalue weighted by Crippen LogP contribution is 2.13. The quantitative estimate of drug-likeness (QED) is 0.377. The smallest absolute Gasteiger partial charge is 0.423 e. The fraction of sp³-hybridized carbons (Fsp3) is 0.143. The Morgan fingerprint density at radius 3 is 2.25 bits per heavy atom. The largest absolute Gasteiger partial charge is 0.488 e. The third kappa shape index (κ3) is 2.75. The summed E-state index contributed by atoms with van der Waals surface area (Å²) in [4.78, 5) is 0. The molecule has 1 aromatic rings. The van der Waals surface area contributed by atoms with Crippen LogP contribution >= 0.6 is 22.5 Å². The van der Waals surface area contributed by atoms with Gasteiger partial charge in [0.15, 0.2) is 0 Å². The Kier molecular flexibility index (Phi) is 4.01. The molecule has 5 heteroatoms. The second kappa shape index (κ2) is 4.82.